The molecule has 1 aromatic carbocycles. The Labute approximate surface area is 124 Å². The molecule has 0 radical (unpaired) electrons. The Morgan fingerprint density at radius 3 is 2.48 bits per heavy atom. The maximum Gasteiger partial charge on any atom is 0.174 e. The minimum absolute atomic E-state index is 0.0652. The summed E-state index contributed by atoms with van der Waals surface area (Å²) in [6.45, 7) is 5.90. The summed E-state index contributed by atoms with van der Waals surface area (Å²) in [7, 11) is 1.93. The average Bonchev–Trinajstić information content (AvgIpc) is 2.45. The van der Waals surface area contributed by atoms with Crippen LogP contribution in [0.2, 0.25) is 0 Å². The van der Waals surface area contributed by atoms with Gasteiger partial charge in [0.15, 0.2) is 5.84 Å². The number of nitrogens with two attached hydrogens (primary N) is 1. The van der Waals surface area contributed by atoms with Crippen molar-refractivity contribution in [1.82, 2.24) is 4.98 Å². The van der Waals surface area contributed by atoms with Gasteiger partial charge in [0.25, 0.3) is 0 Å². The van der Waals surface area contributed by atoms with E-state index in [1.807, 2.05) is 63.1 Å². The summed E-state index contributed by atoms with van der Waals surface area (Å²) in [6.07, 6.45) is 0. The van der Waals surface area contributed by atoms with Gasteiger partial charge in [0.05, 0.1) is 5.56 Å². The molecule has 0 atom stereocenters. The Bertz CT molecular complexity index is 695. The van der Waals surface area contributed by atoms with E-state index in [0.29, 0.717) is 11.4 Å². The zero-order valence-corrected chi connectivity index (χ0v) is 12.8. The SMILES string of the molecule is Cc1cc(C)c(C(N)=NO)c(N(C)c2ccccc2C)n1. The molecule has 5 nitrogen and oxygen atoms in total. The maximum absolute atomic E-state index is 9.03. The quantitative estimate of drug-likeness (QED) is 0.393. The molecule has 3 N–H and O–H groups in total. The first kappa shape index (κ1) is 14.8. The van der Waals surface area contributed by atoms with Crippen LogP contribution in [0.15, 0.2) is 35.5 Å². The van der Waals surface area contributed by atoms with Crippen molar-refractivity contribution < 1.29 is 5.21 Å². The first-order chi connectivity index (χ1) is 9.95. The molecule has 0 aliphatic rings. The highest BCUT2D eigenvalue weighted by Crippen LogP contribution is 2.29. The third-order valence-electron chi connectivity index (χ3n) is 3.48. The van der Waals surface area contributed by atoms with Crippen LogP contribution in [-0.4, -0.2) is 23.1 Å². The number of hydrogen-bond donors (Lipinski definition) is 2. The summed E-state index contributed by atoms with van der Waals surface area (Å²) in [6, 6.07) is 9.95. The summed E-state index contributed by atoms with van der Waals surface area (Å²) < 4.78 is 0. The van der Waals surface area contributed by atoms with Crippen molar-refractivity contribution in [2.24, 2.45) is 10.9 Å². The molecular weight excluding hydrogens is 264 g/mol. The first-order valence-electron chi connectivity index (χ1n) is 6.71. The van der Waals surface area contributed by atoms with Gasteiger partial charge in [-0.1, -0.05) is 23.4 Å². The third-order valence-corrected chi connectivity index (χ3v) is 3.48. The van der Waals surface area contributed by atoms with Crippen molar-refractivity contribution in [3.63, 3.8) is 0 Å². The van der Waals surface area contributed by atoms with Crippen molar-refractivity contribution in [3.05, 3.63) is 52.7 Å². The molecule has 0 fully saturated rings. The number of benzene rings is 1. The van der Waals surface area contributed by atoms with Crippen molar-refractivity contribution in [3.8, 4) is 0 Å². The van der Waals surface area contributed by atoms with E-state index in [0.717, 1.165) is 22.5 Å². The molecule has 0 aliphatic carbocycles. The van der Waals surface area contributed by atoms with Crippen LogP contribution in [0.4, 0.5) is 11.5 Å². The van der Waals surface area contributed by atoms with Gasteiger partial charge in [-0.15, -0.1) is 0 Å². The van der Waals surface area contributed by atoms with Gasteiger partial charge in [-0.25, -0.2) is 4.98 Å². The van der Waals surface area contributed by atoms with E-state index in [2.05, 4.69) is 10.1 Å². The summed E-state index contributed by atoms with van der Waals surface area (Å²) in [5.74, 6) is 0.743. The fourth-order valence-corrected chi connectivity index (χ4v) is 2.48. The minimum Gasteiger partial charge on any atom is -0.409 e. The number of para-hydroxylation sites is 1. The van der Waals surface area contributed by atoms with Crippen LogP contribution in [0.5, 0.6) is 0 Å². The van der Waals surface area contributed by atoms with E-state index in [-0.39, 0.29) is 5.84 Å². The standard InChI is InChI=1S/C16H20N4O/c1-10-7-5-6-8-13(10)20(4)16-14(15(17)19-21)11(2)9-12(3)18-16/h5-9,21H,1-4H3,(H2,17,19). The number of aryl methyl sites for hydroxylation is 3. The summed E-state index contributed by atoms with van der Waals surface area (Å²) >= 11 is 0. The second-order valence-electron chi connectivity index (χ2n) is 5.11. The largest absolute Gasteiger partial charge is 0.409 e. The monoisotopic (exact) mass is 284 g/mol. The molecule has 1 aromatic heterocycles. The molecule has 2 aromatic rings. The van der Waals surface area contributed by atoms with E-state index in [1.54, 1.807) is 0 Å². The molecule has 0 saturated heterocycles. The minimum atomic E-state index is 0.0652. The highest BCUT2D eigenvalue weighted by atomic mass is 16.4. The molecule has 0 unspecified atom stereocenters. The molecule has 0 saturated carbocycles. The van der Waals surface area contributed by atoms with E-state index in [9.17, 15) is 0 Å². The van der Waals surface area contributed by atoms with Crippen molar-refractivity contribution in [2.75, 3.05) is 11.9 Å². The molecule has 5 heteroatoms. The number of hydrogen-bond acceptors (Lipinski definition) is 4. The van der Waals surface area contributed by atoms with Crippen LogP contribution in [0.3, 0.4) is 0 Å². The Morgan fingerprint density at radius 2 is 1.86 bits per heavy atom. The van der Waals surface area contributed by atoms with Crippen LogP contribution in [0.25, 0.3) is 0 Å². The molecular formula is C16H20N4O. The van der Waals surface area contributed by atoms with Crippen molar-refractivity contribution >= 4 is 17.3 Å². The molecule has 1 heterocycles. The average molecular weight is 284 g/mol. The number of rotatable bonds is 3. The van der Waals surface area contributed by atoms with Gasteiger partial charge in [-0.05, 0) is 44.0 Å². The normalized spacial score (nSPS) is 11.5. The predicted molar refractivity (Wildman–Crippen MR) is 85.5 cm³/mol. The second kappa shape index (κ2) is 5.83. The number of aromatic nitrogens is 1. The van der Waals surface area contributed by atoms with Gasteiger partial charge in [-0.2, -0.15) is 0 Å². The number of amidine groups is 1. The van der Waals surface area contributed by atoms with Gasteiger partial charge in [0.2, 0.25) is 0 Å². The molecule has 0 spiro atoms. The molecule has 2 rings (SSSR count). The van der Waals surface area contributed by atoms with E-state index in [4.69, 9.17) is 10.9 Å². The number of pyridine rings is 1. The smallest absolute Gasteiger partial charge is 0.174 e. The van der Waals surface area contributed by atoms with Gasteiger partial charge < -0.3 is 15.8 Å². The molecule has 0 amide bonds. The van der Waals surface area contributed by atoms with Gasteiger partial charge >= 0.3 is 0 Å². The predicted octanol–water partition coefficient (Wildman–Crippen LogP) is 2.87. The topological polar surface area (TPSA) is 74.7 Å². The third kappa shape index (κ3) is 2.81. The van der Waals surface area contributed by atoms with Gasteiger partial charge in [0.1, 0.15) is 5.82 Å². The van der Waals surface area contributed by atoms with Crippen molar-refractivity contribution in [1.29, 1.82) is 0 Å². The first-order valence-corrected chi connectivity index (χ1v) is 6.71. The van der Waals surface area contributed by atoms with E-state index < -0.39 is 0 Å². The maximum atomic E-state index is 9.03. The van der Waals surface area contributed by atoms with Crippen LogP contribution in [-0.2, 0) is 0 Å². The molecule has 0 aliphatic heterocycles. The lowest BCUT2D eigenvalue weighted by atomic mass is 10.1. The lowest BCUT2D eigenvalue weighted by molar-refractivity contribution is 0.318. The molecule has 21 heavy (non-hydrogen) atoms. The second-order valence-corrected chi connectivity index (χ2v) is 5.11. The highest BCUT2D eigenvalue weighted by Gasteiger charge is 2.18. The summed E-state index contributed by atoms with van der Waals surface area (Å²) in [5, 5.41) is 12.2. The van der Waals surface area contributed by atoms with Crippen LogP contribution >= 0.6 is 0 Å². The Kier molecular flexibility index (Phi) is 4.12. The summed E-state index contributed by atoms with van der Waals surface area (Å²) in [4.78, 5) is 6.54. The number of oxime groups is 1. The lowest BCUT2D eigenvalue weighted by Crippen LogP contribution is -2.23. The Hall–Kier alpha value is -2.56. The zero-order valence-electron chi connectivity index (χ0n) is 12.8. The van der Waals surface area contributed by atoms with Crippen molar-refractivity contribution in [2.45, 2.75) is 20.8 Å². The highest BCUT2D eigenvalue weighted by molar-refractivity contribution is 6.03. The molecule has 110 valence electrons. The lowest BCUT2D eigenvalue weighted by Gasteiger charge is -2.24. The molecule has 0 bridgehead atoms. The fraction of sp³-hybridized carbons (Fsp3) is 0.250. The van der Waals surface area contributed by atoms with Gasteiger partial charge in [0, 0.05) is 18.4 Å². The fourth-order valence-electron chi connectivity index (χ4n) is 2.48. The van der Waals surface area contributed by atoms with Crippen LogP contribution < -0.4 is 10.6 Å². The van der Waals surface area contributed by atoms with E-state index in [1.165, 1.54) is 0 Å². The van der Waals surface area contributed by atoms with Crippen LogP contribution in [0.1, 0.15) is 22.4 Å². The number of anilines is 2. The Morgan fingerprint density at radius 1 is 1.19 bits per heavy atom. The zero-order chi connectivity index (χ0) is 15.6. The van der Waals surface area contributed by atoms with E-state index >= 15 is 0 Å². The number of nitrogens with zero attached hydrogens (tertiary/aromatic N) is 3. The summed E-state index contributed by atoms with van der Waals surface area (Å²) in [5.41, 5.74) is 10.5. The van der Waals surface area contributed by atoms with Crippen LogP contribution in [0, 0.1) is 20.8 Å². The van der Waals surface area contributed by atoms with Gasteiger partial charge in [-0.3, -0.25) is 0 Å². The Balaban J connectivity index is 2.65.